The molecule has 1 unspecified atom stereocenters. The summed E-state index contributed by atoms with van der Waals surface area (Å²) in [4.78, 5) is 15.7. The largest absolute Gasteiger partial charge is 0.340 e. The highest BCUT2D eigenvalue weighted by Crippen LogP contribution is 2.13. The molecule has 1 atom stereocenters. The normalized spacial score (nSPS) is 12.8. The summed E-state index contributed by atoms with van der Waals surface area (Å²) >= 11 is 0. The fourth-order valence-corrected chi connectivity index (χ4v) is 1.57. The third-order valence-electron chi connectivity index (χ3n) is 2.31. The molecule has 0 aromatic carbocycles. The molecule has 0 saturated carbocycles. The lowest BCUT2D eigenvalue weighted by atomic mass is 9.99. The maximum absolute atomic E-state index is 11.7. The number of aromatic nitrogens is 2. The Morgan fingerprint density at radius 1 is 1.64 bits per heavy atom. The Balaban J connectivity index is 2.50. The number of aryl methyl sites for hydroxylation is 1. The van der Waals surface area contributed by atoms with Crippen LogP contribution in [0.5, 0.6) is 0 Å². The fourth-order valence-electron chi connectivity index (χ4n) is 1.57. The van der Waals surface area contributed by atoms with E-state index in [0.717, 1.165) is 12.8 Å². The molecular formula is C11H18N2O. The van der Waals surface area contributed by atoms with Gasteiger partial charge in [-0.15, -0.1) is 0 Å². The Morgan fingerprint density at radius 3 is 2.86 bits per heavy atom. The summed E-state index contributed by atoms with van der Waals surface area (Å²) in [6.07, 6.45) is 6.30. The van der Waals surface area contributed by atoms with E-state index in [2.05, 4.69) is 18.8 Å². The monoisotopic (exact) mass is 194 g/mol. The van der Waals surface area contributed by atoms with Crippen molar-refractivity contribution in [3.63, 3.8) is 0 Å². The molecule has 0 bridgehead atoms. The minimum atomic E-state index is 0.159. The van der Waals surface area contributed by atoms with Crippen molar-refractivity contribution in [1.29, 1.82) is 0 Å². The average Bonchev–Trinajstić information content (AvgIpc) is 2.52. The number of rotatable bonds is 5. The molecule has 14 heavy (non-hydrogen) atoms. The van der Waals surface area contributed by atoms with Gasteiger partial charge < -0.3 is 4.57 Å². The highest BCUT2D eigenvalue weighted by atomic mass is 16.1. The first kappa shape index (κ1) is 11.0. The zero-order valence-electron chi connectivity index (χ0n) is 9.16. The second-order valence-electron chi connectivity index (χ2n) is 3.95. The molecule has 1 rings (SSSR count). The number of ketones is 1. The van der Waals surface area contributed by atoms with Gasteiger partial charge in [0.2, 0.25) is 0 Å². The number of carbonyl (C=O) groups is 1. The van der Waals surface area contributed by atoms with E-state index in [9.17, 15) is 4.79 Å². The first-order valence-electron chi connectivity index (χ1n) is 5.14. The predicted molar refractivity (Wildman–Crippen MR) is 56.2 cm³/mol. The van der Waals surface area contributed by atoms with Crippen LogP contribution in [0.15, 0.2) is 12.5 Å². The van der Waals surface area contributed by atoms with Crippen molar-refractivity contribution in [2.45, 2.75) is 33.1 Å². The van der Waals surface area contributed by atoms with Crippen molar-refractivity contribution in [3.8, 4) is 0 Å². The molecule has 0 N–H and O–H groups in total. The van der Waals surface area contributed by atoms with Crippen molar-refractivity contribution >= 4 is 5.78 Å². The van der Waals surface area contributed by atoms with Crippen molar-refractivity contribution in [3.05, 3.63) is 18.2 Å². The first-order chi connectivity index (χ1) is 6.63. The van der Waals surface area contributed by atoms with Gasteiger partial charge in [-0.3, -0.25) is 4.79 Å². The molecule has 1 heterocycles. The Bertz CT molecular complexity index is 304. The molecule has 0 saturated heterocycles. The zero-order chi connectivity index (χ0) is 10.6. The number of carbonyl (C=O) groups excluding carboxylic acids is 1. The number of imidazole rings is 1. The molecule has 0 amide bonds. The lowest BCUT2D eigenvalue weighted by molar-refractivity contribution is 0.0958. The number of hydrogen-bond donors (Lipinski definition) is 0. The van der Waals surface area contributed by atoms with Gasteiger partial charge in [0.05, 0.1) is 6.33 Å². The zero-order valence-corrected chi connectivity index (χ0v) is 9.16. The topological polar surface area (TPSA) is 34.9 Å². The highest BCUT2D eigenvalue weighted by molar-refractivity contribution is 5.94. The van der Waals surface area contributed by atoms with E-state index in [1.807, 2.05) is 7.05 Å². The van der Waals surface area contributed by atoms with Gasteiger partial charge in [0.15, 0.2) is 5.78 Å². The van der Waals surface area contributed by atoms with Crippen LogP contribution in [-0.2, 0) is 7.05 Å². The minimum Gasteiger partial charge on any atom is -0.340 e. The van der Waals surface area contributed by atoms with Gasteiger partial charge in [-0.05, 0) is 5.92 Å². The maximum atomic E-state index is 11.7. The van der Waals surface area contributed by atoms with Crippen LogP contribution in [0, 0.1) is 5.92 Å². The van der Waals surface area contributed by atoms with E-state index >= 15 is 0 Å². The molecule has 0 aliphatic rings. The van der Waals surface area contributed by atoms with Crippen LogP contribution < -0.4 is 0 Å². The molecule has 1 aromatic rings. The van der Waals surface area contributed by atoms with Crippen LogP contribution in [-0.4, -0.2) is 15.3 Å². The van der Waals surface area contributed by atoms with Gasteiger partial charge in [0, 0.05) is 19.7 Å². The molecule has 0 aliphatic heterocycles. The second-order valence-corrected chi connectivity index (χ2v) is 3.95. The van der Waals surface area contributed by atoms with Crippen molar-refractivity contribution < 1.29 is 4.79 Å². The van der Waals surface area contributed by atoms with E-state index in [-0.39, 0.29) is 5.78 Å². The predicted octanol–water partition coefficient (Wildman–Crippen LogP) is 2.43. The van der Waals surface area contributed by atoms with E-state index in [0.29, 0.717) is 18.0 Å². The standard InChI is InChI=1S/C11H18N2O/c1-4-5-9(2)6-11(14)10-7-13(3)8-12-10/h7-9H,4-6H2,1-3H3. The molecule has 3 heteroatoms. The Labute approximate surface area is 85.2 Å². The summed E-state index contributed by atoms with van der Waals surface area (Å²) in [6.45, 7) is 4.26. The molecule has 0 aliphatic carbocycles. The first-order valence-corrected chi connectivity index (χ1v) is 5.14. The molecular weight excluding hydrogens is 176 g/mol. The van der Waals surface area contributed by atoms with Gasteiger partial charge in [-0.1, -0.05) is 26.7 Å². The lowest BCUT2D eigenvalue weighted by Crippen LogP contribution is -2.06. The Hall–Kier alpha value is -1.12. The van der Waals surface area contributed by atoms with Gasteiger partial charge >= 0.3 is 0 Å². The number of Topliss-reactive ketones (excluding diaryl/α,β-unsaturated/α-hetero) is 1. The van der Waals surface area contributed by atoms with E-state index in [1.165, 1.54) is 0 Å². The van der Waals surface area contributed by atoms with Crippen LogP contribution in [0.2, 0.25) is 0 Å². The molecule has 78 valence electrons. The van der Waals surface area contributed by atoms with Crippen molar-refractivity contribution in [2.75, 3.05) is 0 Å². The van der Waals surface area contributed by atoms with E-state index in [4.69, 9.17) is 0 Å². The molecule has 3 nitrogen and oxygen atoms in total. The van der Waals surface area contributed by atoms with Crippen LogP contribution >= 0.6 is 0 Å². The van der Waals surface area contributed by atoms with Crippen LogP contribution in [0.25, 0.3) is 0 Å². The third-order valence-corrected chi connectivity index (χ3v) is 2.31. The third kappa shape index (κ3) is 2.98. The highest BCUT2D eigenvalue weighted by Gasteiger charge is 2.12. The SMILES string of the molecule is CCCC(C)CC(=O)c1cn(C)cn1. The van der Waals surface area contributed by atoms with Crippen LogP contribution in [0.4, 0.5) is 0 Å². The summed E-state index contributed by atoms with van der Waals surface area (Å²) in [5.74, 6) is 0.626. The number of nitrogens with zero attached hydrogens (tertiary/aromatic N) is 2. The summed E-state index contributed by atoms with van der Waals surface area (Å²) in [7, 11) is 1.87. The number of hydrogen-bond acceptors (Lipinski definition) is 2. The molecule has 0 spiro atoms. The minimum absolute atomic E-state index is 0.159. The van der Waals surface area contributed by atoms with Crippen molar-refractivity contribution in [1.82, 2.24) is 9.55 Å². The van der Waals surface area contributed by atoms with Crippen molar-refractivity contribution in [2.24, 2.45) is 13.0 Å². The van der Waals surface area contributed by atoms with Gasteiger partial charge in [-0.2, -0.15) is 0 Å². The summed E-state index contributed by atoms with van der Waals surface area (Å²) in [6, 6.07) is 0. The maximum Gasteiger partial charge on any atom is 0.183 e. The fraction of sp³-hybridized carbons (Fsp3) is 0.636. The Morgan fingerprint density at radius 2 is 2.36 bits per heavy atom. The summed E-state index contributed by atoms with van der Waals surface area (Å²) in [5.41, 5.74) is 0.593. The van der Waals surface area contributed by atoms with Crippen LogP contribution in [0.1, 0.15) is 43.6 Å². The quantitative estimate of drug-likeness (QED) is 0.675. The average molecular weight is 194 g/mol. The van der Waals surface area contributed by atoms with E-state index in [1.54, 1.807) is 17.1 Å². The second kappa shape index (κ2) is 4.94. The molecule has 1 aromatic heterocycles. The molecule has 0 radical (unpaired) electrons. The van der Waals surface area contributed by atoms with Gasteiger partial charge in [0.1, 0.15) is 5.69 Å². The van der Waals surface area contributed by atoms with Gasteiger partial charge in [-0.25, -0.2) is 4.98 Å². The smallest absolute Gasteiger partial charge is 0.183 e. The Kier molecular flexibility index (Phi) is 3.86. The van der Waals surface area contributed by atoms with E-state index < -0.39 is 0 Å². The molecule has 0 fully saturated rings. The van der Waals surface area contributed by atoms with Crippen LogP contribution in [0.3, 0.4) is 0 Å². The lowest BCUT2D eigenvalue weighted by Gasteiger charge is -2.06. The summed E-state index contributed by atoms with van der Waals surface area (Å²) < 4.78 is 1.80. The summed E-state index contributed by atoms with van der Waals surface area (Å²) in [5, 5.41) is 0. The van der Waals surface area contributed by atoms with Gasteiger partial charge in [0.25, 0.3) is 0 Å².